The van der Waals surface area contributed by atoms with Gasteiger partial charge in [-0.1, -0.05) is 49.4 Å². The second-order valence-electron chi connectivity index (χ2n) is 4.73. The van der Waals surface area contributed by atoms with Gasteiger partial charge in [0.15, 0.2) is 0 Å². The fourth-order valence-corrected chi connectivity index (χ4v) is 2.57. The molecule has 0 bridgehead atoms. The number of nitrogens with zero attached hydrogens (tertiary/aromatic N) is 2. The van der Waals surface area contributed by atoms with Crippen molar-refractivity contribution in [2.24, 2.45) is 0 Å². The van der Waals surface area contributed by atoms with E-state index in [2.05, 4.69) is 60.6 Å². The Morgan fingerprint density at radius 1 is 1.06 bits per heavy atom. The summed E-state index contributed by atoms with van der Waals surface area (Å²) in [7, 11) is 1.93. The topological polar surface area (TPSA) is 37.8 Å². The Bertz CT molecular complexity index is 502. The van der Waals surface area contributed by atoms with Gasteiger partial charge in [-0.25, -0.2) is 0 Å². The van der Waals surface area contributed by atoms with Crippen molar-refractivity contribution in [3.63, 3.8) is 0 Å². The van der Waals surface area contributed by atoms with Crippen LogP contribution in [0.4, 0.5) is 0 Å². The van der Waals surface area contributed by atoms with Crippen molar-refractivity contribution in [2.45, 2.75) is 32.7 Å². The number of hydrogen-bond acceptors (Lipinski definition) is 4. The number of benzene rings is 1. The van der Waals surface area contributed by atoms with E-state index < -0.39 is 0 Å². The van der Waals surface area contributed by atoms with Gasteiger partial charge >= 0.3 is 0 Å². The van der Waals surface area contributed by atoms with Crippen LogP contribution in [0.3, 0.4) is 0 Å². The van der Waals surface area contributed by atoms with E-state index in [0.717, 1.165) is 15.6 Å². The van der Waals surface area contributed by atoms with Crippen LogP contribution in [-0.4, -0.2) is 17.2 Å². The molecule has 1 aromatic carbocycles. The smallest absolute Gasteiger partial charge is 0.147 e. The molecule has 4 heteroatoms. The standard InChI is InChI=1S/C14H19N3S/c1-9(2)11-5-7-12(8-6-11)14-17-16-13(18-14)10(3)15-4/h5-10,15H,1-4H3. The molecule has 1 heterocycles. The second-order valence-corrected chi connectivity index (χ2v) is 5.74. The van der Waals surface area contributed by atoms with Gasteiger partial charge in [-0.2, -0.15) is 0 Å². The van der Waals surface area contributed by atoms with Crippen LogP contribution in [-0.2, 0) is 0 Å². The van der Waals surface area contributed by atoms with Gasteiger partial charge in [0.05, 0.1) is 6.04 Å². The molecule has 0 saturated carbocycles. The van der Waals surface area contributed by atoms with Crippen molar-refractivity contribution >= 4 is 11.3 Å². The Kier molecular flexibility index (Phi) is 4.09. The summed E-state index contributed by atoms with van der Waals surface area (Å²) in [5.74, 6) is 0.563. The van der Waals surface area contributed by atoms with Crippen LogP contribution in [0, 0.1) is 0 Å². The first-order chi connectivity index (χ1) is 8.61. The van der Waals surface area contributed by atoms with E-state index in [-0.39, 0.29) is 6.04 Å². The summed E-state index contributed by atoms with van der Waals surface area (Å²) >= 11 is 1.65. The lowest BCUT2D eigenvalue weighted by molar-refractivity contribution is 0.640. The van der Waals surface area contributed by atoms with Gasteiger partial charge in [-0.05, 0) is 25.5 Å². The van der Waals surface area contributed by atoms with E-state index in [1.165, 1.54) is 5.56 Å². The predicted molar refractivity (Wildman–Crippen MR) is 76.9 cm³/mol. The van der Waals surface area contributed by atoms with E-state index in [0.29, 0.717) is 5.92 Å². The zero-order valence-corrected chi connectivity index (χ0v) is 12.1. The van der Waals surface area contributed by atoms with Crippen molar-refractivity contribution in [3.05, 3.63) is 34.8 Å². The van der Waals surface area contributed by atoms with E-state index in [1.807, 2.05) is 7.05 Å². The summed E-state index contributed by atoms with van der Waals surface area (Å²) in [5, 5.41) is 13.7. The third kappa shape index (κ3) is 2.76. The highest BCUT2D eigenvalue weighted by molar-refractivity contribution is 7.14. The Morgan fingerprint density at radius 2 is 1.72 bits per heavy atom. The van der Waals surface area contributed by atoms with Gasteiger partial charge in [-0.15, -0.1) is 10.2 Å². The van der Waals surface area contributed by atoms with Crippen LogP contribution >= 0.6 is 11.3 Å². The molecule has 0 amide bonds. The SMILES string of the molecule is CNC(C)c1nnc(-c2ccc(C(C)C)cc2)s1. The molecule has 1 aromatic heterocycles. The normalized spacial score (nSPS) is 12.9. The monoisotopic (exact) mass is 261 g/mol. The minimum Gasteiger partial charge on any atom is -0.311 e. The molecule has 2 aromatic rings. The Hall–Kier alpha value is -1.26. The molecular weight excluding hydrogens is 242 g/mol. The molecule has 1 unspecified atom stereocenters. The Balaban J connectivity index is 2.23. The molecule has 2 rings (SSSR count). The summed E-state index contributed by atoms with van der Waals surface area (Å²) < 4.78 is 0. The van der Waals surface area contributed by atoms with Crippen LogP contribution in [0.15, 0.2) is 24.3 Å². The summed E-state index contributed by atoms with van der Waals surface area (Å²) in [6, 6.07) is 8.85. The van der Waals surface area contributed by atoms with Crippen molar-refractivity contribution in [1.82, 2.24) is 15.5 Å². The van der Waals surface area contributed by atoms with E-state index in [1.54, 1.807) is 11.3 Å². The maximum Gasteiger partial charge on any atom is 0.147 e. The Labute approximate surface area is 112 Å². The molecule has 3 nitrogen and oxygen atoms in total. The van der Waals surface area contributed by atoms with E-state index in [4.69, 9.17) is 0 Å². The largest absolute Gasteiger partial charge is 0.311 e. The first-order valence-electron chi connectivity index (χ1n) is 6.22. The molecule has 0 aliphatic carbocycles. The van der Waals surface area contributed by atoms with Gasteiger partial charge in [0, 0.05) is 5.56 Å². The number of aromatic nitrogens is 2. The average molecular weight is 261 g/mol. The molecule has 0 aliphatic heterocycles. The third-order valence-electron chi connectivity index (χ3n) is 3.07. The van der Waals surface area contributed by atoms with E-state index >= 15 is 0 Å². The molecular formula is C14H19N3S. The van der Waals surface area contributed by atoms with Crippen molar-refractivity contribution in [3.8, 4) is 10.6 Å². The molecule has 0 aliphatic rings. The van der Waals surface area contributed by atoms with Crippen molar-refractivity contribution in [2.75, 3.05) is 7.05 Å². The van der Waals surface area contributed by atoms with E-state index in [9.17, 15) is 0 Å². The van der Waals surface area contributed by atoms with Crippen molar-refractivity contribution < 1.29 is 0 Å². The first kappa shape index (κ1) is 13.2. The third-order valence-corrected chi connectivity index (χ3v) is 4.22. The number of hydrogen-bond donors (Lipinski definition) is 1. The van der Waals surface area contributed by atoms with Crippen molar-refractivity contribution in [1.29, 1.82) is 0 Å². The quantitative estimate of drug-likeness (QED) is 0.913. The first-order valence-corrected chi connectivity index (χ1v) is 7.04. The fraction of sp³-hybridized carbons (Fsp3) is 0.429. The lowest BCUT2D eigenvalue weighted by Crippen LogP contribution is -2.11. The minimum absolute atomic E-state index is 0.256. The molecule has 0 saturated heterocycles. The van der Waals surface area contributed by atoms with Crippen LogP contribution < -0.4 is 5.32 Å². The maximum atomic E-state index is 4.26. The minimum atomic E-state index is 0.256. The van der Waals surface area contributed by atoms with Crippen LogP contribution in [0.2, 0.25) is 0 Å². The zero-order chi connectivity index (χ0) is 13.1. The van der Waals surface area contributed by atoms with Crippen LogP contribution in [0.25, 0.3) is 10.6 Å². The molecule has 96 valence electrons. The van der Waals surface area contributed by atoms with Crippen LogP contribution in [0.1, 0.15) is 43.3 Å². The molecule has 1 N–H and O–H groups in total. The number of rotatable bonds is 4. The summed E-state index contributed by atoms with van der Waals surface area (Å²) in [6.45, 7) is 6.49. The molecule has 0 fully saturated rings. The molecule has 0 spiro atoms. The van der Waals surface area contributed by atoms with Gasteiger partial charge in [0.1, 0.15) is 10.0 Å². The lowest BCUT2D eigenvalue weighted by atomic mass is 10.0. The average Bonchev–Trinajstić information content (AvgIpc) is 2.87. The van der Waals surface area contributed by atoms with Gasteiger partial charge in [0.25, 0.3) is 0 Å². The highest BCUT2D eigenvalue weighted by Gasteiger charge is 2.11. The Morgan fingerprint density at radius 3 is 2.28 bits per heavy atom. The summed E-state index contributed by atoms with van der Waals surface area (Å²) in [6.07, 6.45) is 0. The predicted octanol–water partition coefficient (Wildman–Crippen LogP) is 3.61. The van der Waals surface area contributed by atoms with Crippen LogP contribution in [0.5, 0.6) is 0 Å². The van der Waals surface area contributed by atoms with Gasteiger partial charge in [-0.3, -0.25) is 0 Å². The molecule has 1 atom stereocenters. The summed E-state index contributed by atoms with van der Waals surface area (Å²) in [4.78, 5) is 0. The second kappa shape index (κ2) is 5.59. The molecule has 18 heavy (non-hydrogen) atoms. The lowest BCUT2D eigenvalue weighted by Gasteiger charge is -2.05. The highest BCUT2D eigenvalue weighted by atomic mass is 32.1. The highest BCUT2D eigenvalue weighted by Crippen LogP contribution is 2.27. The fourth-order valence-electron chi connectivity index (χ4n) is 1.66. The summed E-state index contributed by atoms with van der Waals surface area (Å²) in [5.41, 5.74) is 2.50. The number of nitrogens with one attached hydrogen (secondary N) is 1. The van der Waals surface area contributed by atoms with Gasteiger partial charge < -0.3 is 5.32 Å². The zero-order valence-electron chi connectivity index (χ0n) is 11.3. The molecule has 0 radical (unpaired) electrons. The maximum absolute atomic E-state index is 4.26. The van der Waals surface area contributed by atoms with Gasteiger partial charge in [0.2, 0.25) is 0 Å².